The van der Waals surface area contributed by atoms with Crippen LogP contribution in [0.4, 0.5) is 0 Å². The van der Waals surface area contributed by atoms with Crippen LogP contribution in [0.1, 0.15) is 32.6 Å². The van der Waals surface area contributed by atoms with Crippen LogP contribution in [0, 0.1) is 11.3 Å². The van der Waals surface area contributed by atoms with Gasteiger partial charge in [0.2, 0.25) is 5.91 Å². The molecule has 2 rings (SSSR count). The first kappa shape index (κ1) is 9.97. The summed E-state index contributed by atoms with van der Waals surface area (Å²) in [4.78, 5) is 11.5. The second-order valence-corrected chi connectivity index (χ2v) is 5.17. The van der Waals surface area contributed by atoms with Crippen LogP contribution in [0.3, 0.4) is 0 Å². The molecular formula is C11H20N2O. The van der Waals surface area contributed by atoms with Crippen LogP contribution >= 0.6 is 0 Å². The van der Waals surface area contributed by atoms with Gasteiger partial charge >= 0.3 is 0 Å². The van der Waals surface area contributed by atoms with Crippen molar-refractivity contribution in [3.63, 3.8) is 0 Å². The van der Waals surface area contributed by atoms with Gasteiger partial charge in [0.25, 0.3) is 0 Å². The number of nitrogens with one attached hydrogen (secondary N) is 2. The van der Waals surface area contributed by atoms with Crippen molar-refractivity contribution in [3.05, 3.63) is 0 Å². The zero-order valence-corrected chi connectivity index (χ0v) is 8.94. The Morgan fingerprint density at radius 1 is 1.50 bits per heavy atom. The molecule has 1 heterocycles. The van der Waals surface area contributed by atoms with Gasteiger partial charge in [-0.3, -0.25) is 4.79 Å². The van der Waals surface area contributed by atoms with E-state index in [0.29, 0.717) is 17.8 Å². The van der Waals surface area contributed by atoms with Gasteiger partial charge in [0, 0.05) is 13.0 Å². The van der Waals surface area contributed by atoms with E-state index in [1.165, 1.54) is 19.3 Å². The molecule has 2 N–H and O–H groups in total. The molecule has 0 atom stereocenters. The van der Waals surface area contributed by atoms with Gasteiger partial charge in [-0.1, -0.05) is 13.3 Å². The molecule has 1 saturated heterocycles. The van der Waals surface area contributed by atoms with Crippen LogP contribution in [-0.4, -0.2) is 25.5 Å². The van der Waals surface area contributed by atoms with Crippen molar-refractivity contribution in [3.8, 4) is 0 Å². The molecule has 3 heteroatoms. The van der Waals surface area contributed by atoms with Crippen LogP contribution in [0.25, 0.3) is 0 Å². The molecule has 1 amide bonds. The topological polar surface area (TPSA) is 41.1 Å². The average Bonchev–Trinajstić information content (AvgIpc) is 2.05. The molecule has 3 nitrogen and oxygen atoms in total. The molecule has 0 aromatic rings. The lowest BCUT2D eigenvalue weighted by Gasteiger charge is -2.38. The molecule has 80 valence electrons. The van der Waals surface area contributed by atoms with Crippen LogP contribution in [0.5, 0.6) is 0 Å². The lowest BCUT2D eigenvalue weighted by Crippen LogP contribution is -2.46. The summed E-state index contributed by atoms with van der Waals surface area (Å²) in [5, 5.41) is 6.24. The molecule has 0 unspecified atom stereocenters. The van der Waals surface area contributed by atoms with Crippen LogP contribution in [-0.2, 0) is 4.79 Å². The standard InChI is InChI=1S/C11H20N2O/c1-11(3-2-4-11)8-13-10(14)5-9-6-12-7-9/h9,12H,2-8H2,1H3,(H,13,14). The van der Waals surface area contributed by atoms with Crippen molar-refractivity contribution >= 4 is 5.91 Å². The minimum absolute atomic E-state index is 0.240. The fraction of sp³-hybridized carbons (Fsp3) is 0.909. The molecule has 0 aromatic heterocycles. The molecule has 2 fully saturated rings. The van der Waals surface area contributed by atoms with Crippen molar-refractivity contribution in [2.75, 3.05) is 19.6 Å². The van der Waals surface area contributed by atoms with Gasteiger partial charge in [-0.15, -0.1) is 0 Å². The molecule has 0 aromatic carbocycles. The summed E-state index contributed by atoms with van der Waals surface area (Å²) < 4.78 is 0. The largest absolute Gasteiger partial charge is 0.356 e. The fourth-order valence-electron chi connectivity index (χ4n) is 2.10. The molecule has 14 heavy (non-hydrogen) atoms. The minimum atomic E-state index is 0.240. The van der Waals surface area contributed by atoms with Gasteiger partial charge in [0.1, 0.15) is 0 Å². The number of carbonyl (C=O) groups is 1. The average molecular weight is 196 g/mol. The molecule has 1 saturated carbocycles. The summed E-state index contributed by atoms with van der Waals surface area (Å²) in [6.07, 6.45) is 4.60. The number of carbonyl (C=O) groups excluding carboxylic acids is 1. The van der Waals surface area contributed by atoms with Gasteiger partial charge in [0.15, 0.2) is 0 Å². The molecule has 1 aliphatic heterocycles. The van der Waals surface area contributed by atoms with Crippen LogP contribution < -0.4 is 10.6 Å². The van der Waals surface area contributed by atoms with E-state index in [2.05, 4.69) is 17.6 Å². The Morgan fingerprint density at radius 3 is 2.64 bits per heavy atom. The maximum Gasteiger partial charge on any atom is 0.220 e. The molecule has 0 spiro atoms. The third kappa shape index (κ3) is 2.27. The Kier molecular flexibility index (Phi) is 2.77. The quantitative estimate of drug-likeness (QED) is 0.701. The fourth-order valence-corrected chi connectivity index (χ4v) is 2.10. The van der Waals surface area contributed by atoms with Crippen molar-refractivity contribution in [2.24, 2.45) is 11.3 Å². The Morgan fingerprint density at radius 2 is 2.21 bits per heavy atom. The van der Waals surface area contributed by atoms with E-state index >= 15 is 0 Å². The lowest BCUT2D eigenvalue weighted by molar-refractivity contribution is -0.123. The first-order chi connectivity index (χ1) is 6.68. The summed E-state index contributed by atoms with van der Waals surface area (Å²) in [7, 11) is 0. The Bertz CT molecular complexity index is 219. The van der Waals surface area contributed by atoms with E-state index in [1.807, 2.05) is 0 Å². The Balaban J connectivity index is 1.61. The van der Waals surface area contributed by atoms with Gasteiger partial charge in [-0.2, -0.15) is 0 Å². The second-order valence-electron chi connectivity index (χ2n) is 5.17. The highest BCUT2D eigenvalue weighted by Crippen LogP contribution is 2.39. The van der Waals surface area contributed by atoms with Gasteiger partial charge in [-0.25, -0.2) is 0 Å². The number of hydrogen-bond acceptors (Lipinski definition) is 2. The summed E-state index contributed by atoms with van der Waals surface area (Å²) >= 11 is 0. The first-order valence-electron chi connectivity index (χ1n) is 5.65. The zero-order valence-electron chi connectivity index (χ0n) is 8.94. The summed E-state index contributed by atoms with van der Waals surface area (Å²) in [6, 6.07) is 0. The highest BCUT2D eigenvalue weighted by Gasteiger charge is 2.32. The Hall–Kier alpha value is -0.570. The molecule has 2 aliphatic rings. The monoisotopic (exact) mass is 196 g/mol. The number of rotatable bonds is 4. The third-order valence-corrected chi connectivity index (χ3v) is 3.61. The Labute approximate surface area is 85.6 Å². The van der Waals surface area contributed by atoms with Crippen molar-refractivity contribution in [1.82, 2.24) is 10.6 Å². The van der Waals surface area contributed by atoms with Gasteiger partial charge in [-0.05, 0) is 37.3 Å². The van der Waals surface area contributed by atoms with E-state index in [-0.39, 0.29) is 5.91 Å². The predicted octanol–water partition coefficient (Wildman–Crippen LogP) is 0.902. The van der Waals surface area contributed by atoms with Gasteiger partial charge < -0.3 is 10.6 Å². The molecule has 0 radical (unpaired) electrons. The third-order valence-electron chi connectivity index (χ3n) is 3.61. The van der Waals surface area contributed by atoms with E-state index < -0.39 is 0 Å². The lowest BCUT2D eigenvalue weighted by atomic mass is 9.70. The summed E-state index contributed by atoms with van der Waals surface area (Å²) in [5.41, 5.74) is 0.410. The van der Waals surface area contributed by atoms with Crippen molar-refractivity contribution < 1.29 is 4.79 Å². The van der Waals surface area contributed by atoms with Crippen LogP contribution in [0.2, 0.25) is 0 Å². The molecular weight excluding hydrogens is 176 g/mol. The molecule has 0 bridgehead atoms. The number of amides is 1. The first-order valence-corrected chi connectivity index (χ1v) is 5.65. The van der Waals surface area contributed by atoms with Crippen molar-refractivity contribution in [1.29, 1.82) is 0 Å². The van der Waals surface area contributed by atoms with E-state index in [9.17, 15) is 4.79 Å². The highest BCUT2D eigenvalue weighted by molar-refractivity contribution is 5.76. The highest BCUT2D eigenvalue weighted by atomic mass is 16.1. The molecule has 1 aliphatic carbocycles. The summed E-state index contributed by atoms with van der Waals surface area (Å²) in [5.74, 6) is 0.828. The smallest absolute Gasteiger partial charge is 0.220 e. The minimum Gasteiger partial charge on any atom is -0.356 e. The zero-order chi connectivity index (χ0) is 10.0. The maximum absolute atomic E-state index is 11.5. The van der Waals surface area contributed by atoms with E-state index in [4.69, 9.17) is 0 Å². The van der Waals surface area contributed by atoms with Crippen LogP contribution in [0.15, 0.2) is 0 Å². The van der Waals surface area contributed by atoms with E-state index in [1.54, 1.807) is 0 Å². The predicted molar refractivity (Wildman–Crippen MR) is 55.9 cm³/mol. The second kappa shape index (κ2) is 3.89. The van der Waals surface area contributed by atoms with E-state index in [0.717, 1.165) is 19.6 Å². The number of hydrogen-bond donors (Lipinski definition) is 2. The SMILES string of the molecule is CC1(CNC(=O)CC2CNC2)CCC1. The van der Waals surface area contributed by atoms with Crippen molar-refractivity contribution in [2.45, 2.75) is 32.6 Å². The normalized spacial score (nSPS) is 24.9. The summed E-state index contributed by atoms with van der Waals surface area (Å²) in [6.45, 7) is 5.18. The van der Waals surface area contributed by atoms with Gasteiger partial charge in [0.05, 0.1) is 0 Å². The maximum atomic E-state index is 11.5.